The molecule has 0 aliphatic heterocycles. The zero-order valence-corrected chi connectivity index (χ0v) is 18.4. The predicted molar refractivity (Wildman–Crippen MR) is 119 cm³/mol. The van der Waals surface area contributed by atoms with Crippen LogP contribution < -0.4 is 5.32 Å². The summed E-state index contributed by atoms with van der Waals surface area (Å²) in [5.74, 6) is -0.607. The Morgan fingerprint density at radius 3 is 1.79 bits per heavy atom. The first-order valence-corrected chi connectivity index (χ1v) is 11.8. The summed E-state index contributed by atoms with van der Waals surface area (Å²) >= 11 is 0. The largest absolute Gasteiger partial charge is 0.481 e. The summed E-state index contributed by atoms with van der Waals surface area (Å²) in [6.45, 7) is 2.93. The average Bonchev–Trinajstić information content (AvgIpc) is 2.67. The second kappa shape index (κ2) is 22.0. The minimum Gasteiger partial charge on any atom is -0.481 e. The molecule has 0 bridgehead atoms. The molecule has 0 aromatic rings. The van der Waals surface area contributed by atoms with E-state index < -0.39 is 5.97 Å². The van der Waals surface area contributed by atoms with Gasteiger partial charge in [0.2, 0.25) is 5.91 Å². The van der Waals surface area contributed by atoms with Crippen LogP contribution in [-0.2, 0) is 9.59 Å². The van der Waals surface area contributed by atoms with E-state index in [0.29, 0.717) is 19.4 Å². The fraction of sp³-hybridized carbons (Fsp3) is 0.833. The summed E-state index contributed by atoms with van der Waals surface area (Å²) in [6, 6.07) is 0. The van der Waals surface area contributed by atoms with Crippen LogP contribution in [0.5, 0.6) is 0 Å². The van der Waals surface area contributed by atoms with E-state index in [9.17, 15) is 9.59 Å². The van der Waals surface area contributed by atoms with E-state index >= 15 is 0 Å². The zero-order chi connectivity index (χ0) is 20.7. The van der Waals surface area contributed by atoms with Gasteiger partial charge < -0.3 is 10.4 Å². The van der Waals surface area contributed by atoms with Crippen molar-refractivity contribution in [2.24, 2.45) is 0 Å². The topological polar surface area (TPSA) is 66.4 Å². The Hall–Kier alpha value is -1.32. The van der Waals surface area contributed by atoms with Crippen molar-refractivity contribution in [3.05, 3.63) is 12.2 Å². The number of rotatable bonds is 21. The van der Waals surface area contributed by atoms with Crippen LogP contribution in [0.1, 0.15) is 122 Å². The monoisotopic (exact) mass is 395 g/mol. The fourth-order valence-electron chi connectivity index (χ4n) is 3.25. The Morgan fingerprint density at radius 2 is 1.18 bits per heavy atom. The molecule has 0 fully saturated rings. The number of carboxylic acid groups (broad SMARTS) is 1. The average molecular weight is 396 g/mol. The lowest BCUT2D eigenvalue weighted by Gasteiger charge is -2.05. The Balaban J connectivity index is 3.22. The molecular formula is C24H45NO3. The first-order valence-electron chi connectivity index (χ1n) is 11.8. The van der Waals surface area contributed by atoms with Crippen LogP contribution in [0.25, 0.3) is 0 Å². The number of carbonyl (C=O) groups excluding carboxylic acids is 1. The smallest absolute Gasteiger partial charge is 0.303 e. The van der Waals surface area contributed by atoms with E-state index in [2.05, 4.69) is 24.4 Å². The lowest BCUT2D eigenvalue weighted by Crippen LogP contribution is -2.23. The van der Waals surface area contributed by atoms with Gasteiger partial charge >= 0.3 is 5.97 Å². The highest BCUT2D eigenvalue weighted by Crippen LogP contribution is 2.10. The van der Waals surface area contributed by atoms with Gasteiger partial charge in [0.15, 0.2) is 0 Å². The molecular weight excluding hydrogens is 350 g/mol. The summed E-state index contributed by atoms with van der Waals surface area (Å²) < 4.78 is 0. The summed E-state index contributed by atoms with van der Waals surface area (Å²) in [6.07, 6.45) is 24.4. The number of carbonyl (C=O) groups is 2. The van der Waals surface area contributed by atoms with Gasteiger partial charge in [-0.2, -0.15) is 0 Å². The number of unbranched alkanes of at least 4 members (excludes halogenated alkanes) is 13. The molecule has 0 unspecified atom stereocenters. The van der Waals surface area contributed by atoms with Crippen molar-refractivity contribution in [1.82, 2.24) is 5.32 Å². The molecule has 1 amide bonds. The maximum atomic E-state index is 11.7. The van der Waals surface area contributed by atoms with E-state index in [1.807, 2.05) is 0 Å². The molecule has 0 aromatic heterocycles. The second-order valence-corrected chi connectivity index (χ2v) is 7.89. The number of hydrogen-bond acceptors (Lipinski definition) is 2. The van der Waals surface area contributed by atoms with Gasteiger partial charge in [-0.15, -0.1) is 0 Å². The van der Waals surface area contributed by atoms with Crippen molar-refractivity contribution < 1.29 is 14.7 Å². The van der Waals surface area contributed by atoms with Crippen molar-refractivity contribution >= 4 is 11.9 Å². The lowest BCUT2D eigenvalue weighted by atomic mass is 10.1. The number of nitrogens with one attached hydrogen (secondary N) is 1. The van der Waals surface area contributed by atoms with Crippen LogP contribution in [0.3, 0.4) is 0 Å². The first-order chi connectivity index (χ1) is 13.7. The number of carboxylic acids is 1. The van der Waals surface area contributed by atoms with Crippen LogP contribution in [0.2, 0.25) is 0 Å². The van der Waals surface area contributed by atoms with E-state index in [0.717, 1.165) is 25.7 Å². The molecule has 0 saturated heterocycles. The van der Waals surface area contributed by atoms with E-state index in [1.165, 1.54) is 70.6 Å². The van der Waals surface area contributed by atoms with Crippen molar-refractivity contribution in [2.45, 2.75) is 122 Å². The van der Waals surface area contributed by atoms with Crippen LogP contribution in [0.4, 0.5) is 0 Å². The third-order valence-corrected chi connectivity index (χ3v) is 5.06. The molecule has 0 spiro atoms. The number of aliphatic carboxylic acids is 1. The van der Waals surface area contributed by atoms with E-state index in [4.69, 9.17) is 5.11 Å². The highest BCUT2D eigenvalue weighted by molar-refractivity contribution is 5.75. The Bertz CT molecular complexity index is 393. The van der Waals surface area contributed by atoms with Crippen molar-refractivity contribution in [3.8, 4) is 0 Å². The van der Waals surface area contributed by atoms with Gasteiger partial charge in [-0.25, -0.2) is 0 Å². The molecule has 0 heterocycles. The number of amides is 1. The molecule has 2 N–H and O–H groups in total. The molecule has 164 valence electrons. The molecule has 0 aliphatic carbocycles. The molecule has 4 nitrogen and oxygen atoms in total. The predicted octanol–water partition coefficient (Wildman–Crippen LogP) is 6.79. The molecule has 0 saturated carbocycles. The summed E-state index contributed by atoms with van der Waals surface area (Å²) in [5.41, 5.74) is 0. The van der Waals surface area contributed by atoms with Crippen LogP contribution in [0.15, 0.2) is 12.2 Å². The van der Waals surface area contributed by atoms with Gasteiger partial charge in [-0.3, -0.25) is 9.59 Å². The van der Waals surface area contributed by atoms with Gasteiger partial charge in [0.1, 0.15) is 0 Å². The van der Waals surface area contributed by atoms with E-state index in [-0.39, 0.29) is 12.3 Å². The number of hydrogen-bond donors (Lipinski definition) is 2. The summed E-state index contributed by atoms with van der Waals surface area (Å²) in [4.78, 5) is 22.1. The highest BCUT2D eigenvalue weighted by Gasteiger charge is 2.01. The molecule has 4 heteroatoms. The van der Waals surface area contributed by atoms with Gasteiger partial charge in [-0.1, -0.05) is 76.9 Å². The first kappa shape index (κ1) is 26.7. The minimum atomic E-state index is -0.742. The maximum absolute atomic E-state index is 11.7. The SMILES string of the molecule is CCCCCCCC/C=C/CCCCCCCC(=O)NCCCCCC(=O)O. The van der Waals surface area contributed by atoms with E-state index in [1.54, 1.807) is 0 Å². The molecule has 0 rings (SSSR count). The van der Waals surface area contributed by atoms with Gasteiger partial charge in [0.05, 0.1) is 0 Å². The van der Waals surface area contributed by atoms with Crippen molar-refractivity contribution in [2.75, 3.05) is 6.54 Å². The Morgan fingerprint density at radius 1 is 0.679 bits per heavy atom. The quantitative estimate of drug-likeness (QED) is 0.166. The molecule has 0 aliphatic rings. The number of allylic oxidation sites excluding steroid dienone is 2. The zero-order valence-electron chi connectivity index (χ0n) is 18.4. The normalized spacial score (nSPS) is 11.2. The fourth-order valence-corrected chi connectivity index (χ4v) is 3.25. The lowest BCUT2D eigenvalue weighted by molar-refractivity contribution is -0.137. The summed E-state index contributed by atoms with van der Waals surface area (Å²) in [7, 11) is 0. The third-order valence-electron chi connectivity index (χ3n) is 5.06. The van der Waals surface area contributed by atoms with Crippen molar-refractivity contribution in [3.63, 3.8) is 0 Å². The van der Waals surface area contributed by atoms with Gasteiger partial charge in [-0.05, 0) is 44.9 Å². The summed E-state index contributed by atoms with van der Waals surface area (Å²) in [5, 5.41) is 11.5. The standard InChI is InChI=1S/C24H45NO3/c1-2-3-4-5-6-7-8-9-10-11-12-13-14-15-17-20-23(26)25-22-19-16-18-21-24(27)28/h9-10H,2-8,11-22H2,1H3,(H,25,26)(H,27,28)/b10-9+. The molecule has 28 heavy (non-hydrogen) atoms. The third kappa shape index (κ3) is 22.7. The minimum absolute atomic E-state index is 0.135. The van der Waals surface area contributed by atoms with Crippen LogP contribution >= 0.6 is 0 Å². The Labute approximate surface area is 173 Å². The van der Waals surface area contributed by atoms with Crippen LogP contribution in [0, 0.1) is 0 Å². The van der Waals surface area contributed by atoms with Crippen molar-refractivity contribution in [1.29, 1.82) is 0 Å². The van der Waals surface area contributed by atoms with Gasteiger partial charge in [0, 0.05) is 19.4 Å². The van der Waals surface area contributed by atoms with Crippen LogP contribution in [-0.4, -0.2) is 23.5 Å². The molecule has 0 radical (unpaired) electrons. The second-order valence-electron chi connectivity index (χ2n) is 7.89. The molecule has 0 atom stereocenters. The highest BCUT2D eigenvalue weighted by atomic mass is 16.4. The van der Waals surface area contributed by atoms with Gasteiger partial charge in [0.25, 0.3) is 0 Å². The maximum Gasteiger partial charge on any atom is 0.303 e. The molecule has 0 aromatic carbocycles. The Kier molecular flexibility index (Phi) is 20.9.